The third-order valence-corrected chi connectivity index (χ3v) is 4.88. The third kappa shape index (κ3) is 3.98. The molecule has 0 unspecified atom stereocenters. The van der Waals surface area contributed by atoms with Crippen LogP contribution < -0.4 is 0 Å². The average Bonchev–Trinajstić information content (AvgIpc) is 3.18. The Morgan fingerprint density at radius 3 is 2.48 bits per heavy atom. The minimum atomic E-state index is -3.83. The summed E-state index contributed by atoms with van der Waals surface area (Å²) in [5, 5.41) is 0. The van der Waals surface area contributed by atoms with Crippen molar-refractivity contribution < 1.29 is 13.2 Å². The minimum absolute atomic E-state index is 0.0292. The van der Waals surface area contributed by atoms with E-state index in [4.69, 9.17) is 10.7 Å². The van der Waals surface area contributed by atoms with E-state index < -0.39 is 9.05 Å². The van der Waals surface area contributed by atoms with Gasteiger partial charge >= 0.3 is 0 Å². The first-order valence-corrected chi connectivity index (χ1v) is 9.37. The molecule has 6 heteroatoms. The lowest BCUT2D eigenvalue weighted by molar-refractivity contribution is 0.0721. The highest BCUT2D eigenvalue weighted by atomic mass is 35.7. The standard InChI is InChI=1S/C15H20ClNO3S/c1-10(2)9-17(12-5-6-12)15(18)14-8-13(21(16,19)20)7-4-11(14)3/h4,7-8,10,12H,5-6,9H2,1-3H3. The van der Waals surface area contributed by atoms with Gasteiger partial charge in [-0.3, -0.25) is 4.79 Å². The molecule has 1 aliphatic carbocycles. The summed E-state index contributed by atoms with van der Waals surface area (Å²) in [7, 11) is 1.55. The van der Waals surface area contributed by atoms with Crippen molar-refractivity contribution >= 4 is 25.6 Å². The zero-order chi connectivity index (χ0) is 15.8. The van der Waals surface area contributed by atoms with Gasteiger partial charge in [0, 0.05) is 28.8 Å². The van der Waals surface area contributed by atoms with Crippen molar-refractivity contribution in [3.8, 4) is 0 Å². The SMILES string of the molecule is Cc1ccc(S(=O)(=O)Cl)cc1C(=O)N(CC(C)C)C1CC1. The van der Waals surface area contributed by atoms with E-state index in [0.29, 0.717) is 18.0 Å². The highest BCUT2D eigenvalue weighted by molar-refractivity contribution is 8.13. The molecule has 0 atom stereocenters. The van der Waals surface area contributed by atoms with Gasteiger partial charge in [0.25, 0.3) is 15.0 Å². The molecule has 21 heavy (non-hydrogen) atoms. The molecule has 1 aromatic carbocycles. The van der Waals surface area contributed by atoms with E-state index in [1.165, 1.54) is 12.1 Å². The van der Waals surface area contributed by atoms with Crippen LogP contribution in [0.1, 0.15) is 42.6 Å². The van der Waals surface area contributed by atoms with Gasteiger partial charge < -0.3 is 4.90 Å². The van der Waals surface area contributed by atoms with Crippen LogP contribution in [0.2, 0.25) is 0 Å². The lowest BCUT2D eigenvalue weighted by Gasteiger charge is -2.25. The summed E-state index contributed by atoms with van der Waals surface area (Å²) in [6.07, 6.45) is 2.04. The van der Waals surface area contributed by atoms with Gasteiger partial charge in [-0.15, -0.1) is 0 Å². The first kappa shape index (κ1) is 16.3. The number of aryl methyl sites for hydroxylation is 1. The van der Waals surface area contributed by atoms with Crippen molar-refractivity contribution in [2.24, 2.45) is 5.92 Å². The number of carbonyl (C=O) groups is 1. The van der Waals surface area contributed by atoms with E-state index in [1.54, 1.807) is 13.0 Å². The summed E-state index contributed by atoms with van der Waals surface area (Å²) in [6.45, 7) is 6.61. The zero-order valence-corrected chi connectivity index (χ0v) is 14.0. The third-order valence-electron chi connectivity index (χ3n) is 3.53. The van der Waals surface area contributed by atoms with Crippen LogP contribution in [-0.2, 0) is 9.05 Å². The van der Waals surface area contributed by atoms with Crippen LogP contribution >= 0.6 is 10.7 Å². The number of carbonyl (C=O) groups excluding carboxylic acids is 1. The first-order chi connectivity index (χ1) is 9.70. The van der Waals surface area contributed by atoms with Gasteiger partial charge in [0.15, 0.2) is 0 Å². The van der Waals surface area contributed by atoms with Crippen molar-refractivity contribution in [1.29, 1.82) is 0 Å². The first-order valence-electron chi connectivity index (χ1n) is 7.06. The van der Waals surface area contributed by atoms with Crippen LogP contribution in [0.5, 0.6) is 0 Å². The molecule has 2 rings (SSSR count). The minimum Gasteiger partial charge on any atom is -0.335 e. The monoisotopic (exact) mass is 329 g/mol. The van der Waals surface area contributed by atoms with Gasteiger partial charge in [-0.1, -0.05) is 19.9 Å². The van der Waals surface area contributed by atoms with Gasteiger partial charge in [0.1, 0.15) is 0 Å². The molecule has 0 bridgehead atoms. The van der Waals surface area contributed by atoms with Crippen LogP contribution in [-0.4, -0.2) is 31.8 Å². The molecule has 0 aromatic heterocycles. The van der Waals surface area contributed by atoms with E-state index in [-0.39, 0.29) is 16.8 Å². The molecule has 116 valence electrons. The maximum atomic E-state index is 12.7. The number of hydrogen-bond donors (Lipinski definition) is 0. The topological polar surface area (TPSA) is 54.5 Å². The smallest absolute Gasteiger partial charge is 0.261 e. The number of nitrogens with zero attached hydrogens (tertiary/aromatic N) is 1. The number of halogens is 1. The maximum absolute atomic E-state index is 12.7. The summed E-state index contributed by atoms with van der Waals surface area (Å²) in [5.74, 6) is 0.265. The molecule has 1 fully saturated rings. The number of rotatable bonds is 5. The maximum Gasteiger partial charge on any atom is 0.261 e. The zero-order valence-electron chi connectivity index (χ0n) is 12.5. The van der Waals surface area contributed by atoms with Crippen LogP contribution in [0.25, 0.3) is 0 Å². The summed E-state index contributed by atoms with van der Waals surface area (Å²) in [6, 6.07) is 4.73. The van der Waals surface area contributed by atoms with E-state index in [1.807, 2.05) is 4.90 Å². The van der Waals surface area contributed by atoms with Crippen LogP contribution in [0.3, 0.4) is 0 Å². The Morgan fingerprint density at radius 2 is 2.00 bits per heavy atom. The highest BCUT2D eigenvalue weighted by Crippen LogP contribution is 2.30. The predicted octanol–water partition coefficient (Wildman–Crippen LogP) is 3.18. The van der Waals surface area contributed by atoms with Crippen molar-refractivity contribution in [3.63, 3.8) is 0 Å². The van der Waals surface area contributed by atoms with E-state index in [9.17, 15) is 13.2 Å². The van der Waals surface area contributed by atoms with Gasteiger partial charge in [-0.05, 0) is 43.4 Å². The summed E-state index contributed by atoms with van der Waals surface area (Å²) in [5.41, 5.74) is 1.18. The lowest BCUT2D eigenvalue weighted by Crippen LogP contribution is -2.36. The number of amides is 1. The average molecular weight is 330 g/mol. The van der Waals surface area contributed by atoms with Crippen molar-refractivity contribution in [2.75, 3.05) is 6.54 Å². The van der Waals surface area contributed by atoms with Crippen LogP contribution in [0, 0.1) is 12.8 Å². The molecule has 1 saturated carbocycles. The Labute approximate surface area is 130 Å². The normalized spacial score (nSPS) is 15.3. The van der Waals surface area contributed by atoms with Crippen molar-refractivity contribution in [3.05, 3.63) is 29.3 Å². The molecule has 0 N–H and O–H groups in total. The van der Waals surface area contributed by atoms with Gasteiger partial charge in [-0.2, -0.15) is 0 Å². The highest BCUT2D eigenvalue weighted by Gasteiger charge is 2.34. The Bertz CT molecular complexity index is 651. The number of benzene rings is 1. The second-order valence-electron chi connectivity index (χ2n) is 6.00. The molecular formula is C15H20ClNO3S. The molecule has 4 nitrogen and oxygen atoms in total. The second kappa shape index (κ2) is 5.97. The second-order valence-corrected chi connectivity index (χ2v) is 8.56. The van der Waals surface area contributed by atoms with Gasteiger partial charge in [0.05, 0.1) is 4.90 Å². The summed E-state index contributed by atoms with van der Waals surface area (Å²) in [4.78, 5) is 14.6. The van der Waals surface area contributed by atoms with Crippen molar-refractivity contribution in [1.82, 2.24) is 4.90 Å². The van der Waals surface area contributed by atoms with E-state index in [0.717, 1.165) is 18.4 Å². The summed E-state index contributed by atoms with van der Waals surface area (Å²) >= 11 is 0. The molecule has 1 aliphatic rings. The quantitative estimate of drug-likeness (QED) is 0.780. The predicted molar refractivity (Wildman–Crippen MR) is 83.1 cm³/mol. The fourth-order valence-corrected chi connectivity index (χ4v) is 3.09. The largest absolute Gasteiger partial charge is 0.335 e. The Hall–Kier alpha value is -1.07. The fraction of sp³-hybridized carbons (Fsp3) is 0.533. The van der Waals surface area contributed by atoms with Crippen LogP contribution in [0.15, 0.2) is 23.1 Å². The fourth-order valence-electron chi connectivity index (χ4n) is 2.32. The Balaban J connectivity index is 2.37. The van der Waals surface area contributed by atoms with Gasteiger partial charge in [-0.25, -0.2) is 8.42 Å². The number of hydrogen-bond acceptors (Lipinski definition) is 3. The molecule has 0 saturated heterocycles. The molecule has 0 aliphatic heterocycles. The van der Waals surface area contributed by atoms with E-state index >= 15 is 0 Å². The molecule has 1 aromatic rings. The molecule has 1 amide bonds. The molecule has 0 radical (unpaired) electrons. The molecular weight excluding hydrogens is 310 g/mol. The Kier molecular flexibility index (Phi) is 4.63. The lowest BCUT2D eigenvalue weighted by atomic mass is 10.1. The molecule has 0 spiro atoms. The van der Waals surface area contributed by atoms with Gasteiger partial charge in [0.2, 0.25) is 0 Å². The summed E-state index contributed by atoms with van der Waals surface area (Å²) < 4.78 is 22.9. The van der Waals surface area contributed by atoms with E-state index in [2.05, 4.69) is 13.8 Å². The molecule has 0 heterocycles. The van der Waals surface area contributed by atoms with Crippen molar-refractivity contribution in [2.45, 2.75) is 44.6 Å². The van der Waals surface area contributed by atoms with Crippen LogP contribution in [0.4, 0.5) is 0 Å². The Morgan fingerprint density at radius 1 is 1.38 bits per heavy atom.